The van der Waals surface area contributed by atoms with Gasteiger partial charge in [0, 0.05) is 12.0 Å². The molecule has 0 bridgehead atoms. The average molecular weight is 159 g/mol. The van der Waals surface area contributed by atoms with Gasteiger partial charge < -0.3 is 10.0 Å². The zero-order valence-corrected chi connectivity index (χ0v) is 6.68. The second-order valence-corrected chi connectivity index (χ2v) is 3.07. The van der Waals surface area contributed by atoms with Crippen LogP contribution in [-0.4, -0.2) is 28.5 Å². The number of allylic oxidation sites excluding steroid dienone is 1. The molecule has 56 valence electrons. The van der Waals surface area contributed by atoms with E-state index < -0.39 is 6.23 Å². The van der Waals surface area contributed by atoms with E-state index in [-0.39, 0.29) is 5.24 Å². The first-order chi connectivity index (χ1) is 4.66. The van der Waals surface area contributed by atoms with Crippen LogP contribution in [0.3, 0.4) is 0 Å². The van der Waals surface area contributed by atoms with Crippen molar-refractivity contribution in [2.75, 3.05) is 7.05 Å². The molecule has 1 heterocycles. The maximum atomic E-state index is 10.8. The topological polar surface area (TPSA) is 40.5 Å². The fourth-order valence-corrected chi connectivity index (χ4v) is 1.55. The van der Waals surface area contributed by atoms with Gasteiger partial charge in [-0.25, -0.2) is 0 Å². The Morgan fingerprint density at radius 3 is 2.60 bits per heavy atom. The van der Waals surface area contributed by atoms with Gasteiger partial charge in [0.2, 0.25) is 0 Å². The molecule has 1 fully saturated rings. The van der Waals surface area contributed by atoms with E-state index in [1.54, 1.807) is 20.0 Å². The minimum absolute atomic E-state index is 0.0967. The van der Waals surface area contributed by atoms with Crippen molar-refractivity contribution < 1.29 is 9.90 Å². The summed E-state index contributed by atoms with van der Waals surface area (Å²) in [6.07, 6.45) is 1.03. The predicted molar refractivity (Wildman–Crippen MR) is 40.5 cm³/mol. The van der Waals surface area contributed by atoms with Crippen molar-refractivity contribution in [3.8, 4) is 0 Å². The Hall–Kier alpha value is -0.480. The third-order valence-corrected chi connectivity index (χ3v) is 2.54. The van der Waals surface area contributed by atoms with Crippen LogP contribution in [0.25, 0.3) is 0 Å². The zero-order valence-electron chi connectivity index (χ0n) is 5.87. The van der Waals surface area contributed by atoms with E-state index in [1.165, 1.54) is 4.90 Å². The summed E-state index contributed by atoms with van der Waals surface area (Å²) in [4.78, 5) is 12.9. The van der Waals surface area contributed by atoms with Crippen molar-refractivity contribution in [1.29, 1.82) is 0 Å². The normalized spacial score (nSPS) is 30.3. The van der Waals surface area contributed by atoms with E-state index in [1.807, 2.05) is 0 Å². The number of hydrogen-bond donors (Lipinski definition) is 1. The smallest absolute Gasteiger partial charge is 0.288 e. The van der Waals surface area contributed by atoms with Crippen LogP contribution in [0.4, 0.5) is 4.79 Å². The molecule has 1 saturated heterocycles. The predicted octanol–water partition coefficient (Wildman–Crippen LogP) is 1.01. The molecule has 1 atom stereocenters. The van der Waals surface area contributed by atoms with E-state index in [4.69, 9.17) is 0 Å². The summed E-state index contributed by atoms with van der Waals surface area (Å²) in [7, 11) is 1.58. The molecule has 0 aliphatic carbocycles. The van der Waals surface area contributed by atoms with Gasteiger partial charge in [0.05, 0.1) is 0 Å². The van der Waals surface area contributed by atoms with Crippen molar-refractivity contribution in [1.82, 2.24) is 4.90 Å². The highest BCUT2D eigenvalue weighted by atomic mass is 32.2. The highest BCUT2D eigenvalue weighted by Gasteiger charge is 2.30. The molecule has 4 heteroatoms. The fourth-order valence-electron chi connectivity index (χ4n) is 0.724. The fraction of sp³-hybridized carbons (Fsp3) is 0.500. The van der Waals surface area contributed by atoms with Gasteiger partial charge in [-0.15, -0.1) is 0 Å². The highest BCUT2D eigenvalue weighted by Crippen LogP contribution is 2.31. The Kier molecular flexibility index (Phi) is 2.01. The Morgan fingerprint density at radius 1 is 1.80 bits per heavy atom. The molecule has 10 heavy (non-hydrogen) atoms. The lowest BCUT2D eigenvalue weighted by molar-refractivity contribution is 0.0982. The molecule has 0 aromatic heterocycles. The monoisotopic (exact) mass is 159 g/mol. The van der Waals surface area contributed by atoms with Gasteiger partial charge in [0.1, 0.15) is 0 Å². The Labute approximate surface area is 63.7 Å². The van der Waals surface area contributed by atoms with E-state index in [9.17, 15) is 9.90 Å². The van der Waals surface area contributed by atoms with Crippen LogP contribution in [0, 0.1) is 0 Å². The first kappa shape index (κ1) is 7.63. The van der Waals surface area contributed by atoms with Gasteiger partial charge in [0.15, 0.2) is 6.23 Å². The number of amides is 1. The Balaban J connectivity index is 2.81. The first-order valence-electron chi connectivity index (χ1n) is 2.95. The van der Waals surface area contributed by atoms with E-state index >= 15 is 0 Å². The van der Waals surface area contributed by atoms with Gasteiger partial charge >= 0.3 is 0 Å². The molecule has 0 radical (unpaired) electrons. The van der Waals surface area contributed by atoms with Crippen LogP contribution in [0.5, 0.6) is 0 Å². The molecular weight excluding hydrogens is 150 g/mol. The third-order valence-electron chi connectivity index (χ3n) is 1.40. The molecule has 1 unspecified atom stereocenters. The van der Waals surface area contributed by atoms with Gasteiger partial charge in [0.25, 0.3) is 5.24 Å². The molecule has 1 rings (SSSR count). The summed E-state index contributed by atoms with van der Waals surface area (Å²) in [6, 6.07) is 0. The molecule has 1 N–H and O–H groups in total. The molecule has 0 saturated carbocycles. The second kappa shape index (κ2) is 2.64. The SMILES string of the molecule is CC=C1SC(=O)N(C)C1O. The number of carbonyl (C=O) groups is 1. The summed E-state index contributed by atoms with van der Waals surface area (Å²) < 4.78 is 0. The van der Waals surface area contributed by atoms with E-state index in [0.717, 1.165) is 11.8 Å². The van der Waals surface area contributed by atoms with Crippen LogP contribution >= 0.6 is 11.8 Å². The first-order valence-corrected chi connectivity index (χ1v) is 3.77. The number of carbonyl (C=O) groups excluding carboxylic acids is 1. The van der Waals surface area contributed by atoms with Crippen molar-refractivity contribution in [2.24, 2.45) is 0 Å². The number of hydrogen-bond acceptors (Lipinski definition) is 3. The molecule has 1 aliphatic rings. The van der Waals surface area contributed by atoms with Crippen LogP contribution in [0.15, 0.2) is 11.0 Å². The van der Waals surface area contributed by atoms with Crippen molar-refractivity contribution in [2.45, 2.75) is 13.2 Å². The number of thioether (sulfide) groups is 1. The molecule has 0 spiro atoms. The van der Waals surface area contributed by atoms with Crippen LogP contribution < -0.4 is 0 Å². The second-order valence-electron chi connectivity index (χ2n) is 2.04. The van der Waals surface area contributed by atoms with E-state index in [0.29, 0.717) is 4.91 Å². The average Bonchev–Trinajstić information content (AvgIpc) is 2.17. The zero-order chi connectivity index (χ0) is 7.72. The van der Waals surface area contributed by atoms with Crippen molar-refractivity contribution >= 4 is 17.0 Å². The quantitative estimate of drug-likeness (QED) is 0.573. The van der Waals surface area contributed by atoms with Crippen LogP contribution in [0.1, 0.15) is 6.92 Å². The maximum absolute atomic E-state index is 10.8. The van der Waals surface area contributed by atoms with Crippen molar-refractivity contribution in [3.63, 3.8) is 0 Å². The van der Waals surface area contributed by atoms with E-state index in [2.05, 4.69) is 0 Å². The number of rotatable bonds is 0. The van der Waals surface area contributed by atoms with Crippen LogP contribution in [0.2, 0.25) is 0 Å². The number of nitrogens with zero attached hydrogens (tertiary/aromatic N) is 1. The molecule has 0 aromatic rings. The molecule has 3 nitrogen and oxygen atoms in total. The molecule has 1 aliphatic heterocycles. The highest BCUT2D eigenvalue weighted by molar-refractivity contribution is 8.17. The molecule has 0 aromatic carbocycles. The van der Waals surface area contributed by atoms with Crippen molar-refractivity contribution in [3.05, 3.63) is 11.0 Å². The summed E-state index contributed by atoms with van der Waals surface area (Å²) in [5.74, 6) is 0. The lowest BCUT2D eigenvalue weighted by Crippen LogP contribution is -2.27. The molecular formula is C6H9NO2S. The lowest BCUT2D eigenvalue weighted by atomic mass is 10.4. The Morgan fingerprint density at radius 2 is 2.40 bits per heavy atom. The van der Waals surface area contributed by atoms with Gasteiger partial charge in [-0.1, -0.05) is 6.08 Å². The number of aliphatic hydroxyl groups is 1. The maximum Gasteiger partial charge on any atom is 0.288 e. The summed E-state index contributed by atoms with van der Waals surface area (Å²) in [6.45, 7) is 1.80. The third kappa shape index (κ3) is 1.04. The van der Waals surface area contributed by atoms with Gasteiger partial charge in [-0.2, -0.15) is 0 Å². The van der Waals surface area contributed by atoms with Crippen LogP contribution in [-0.2, 0) is 0 Å². The Bertz CT molecular complexity index is 190. The van der Waals surface area contributed by atoms with Gasteiger partial charge in [-0.3, -0.25) is 4.79 Å². The number of likely N-dealkylation sites (N-methyl/N-ethyl adjacent to an activating group) is 1. The van der Waals surface area contributed by atoms with Gasteiger partial charge in [-0.05, 0) is 18.7 Å². The minimum atomic E-state index is -0.720. The lowest BCUT2D eigenvalue weighted by Gasteiger charge is -2.11. The summed E-state index contributed by atoms with van der Waals surface area (Å²) >= 11 is 1.08. The minimum Gasteiger partial charge on any atom is -0.369 e. The summed E-state index contributed by atoms with van der Waals surface area (Å²) in [5, 5.41) is 9.15. The molecule has 1 amide bonds. The standard InChI is InChI=1S/C6H9NO2S/c1-3-4-5(8)7(2)6(9)10-4/h3,5,8H,1-2H3. The number of aliphatic hydroxyl groups excluding tert-OH is 1. The summed E-state index contributed by atoms with van der Waals surface area (Å²) in [5.41, 5.74) is 0. The largest absolute Gasteiger partial charge is 0.369 e.